The highest BCUT2D eigenvalue weighted by Crippen LogP contribution is 2.43. The van der Waals surface area contributed by atoms with Gasteiger partial charge in [-0.15, -0.1) is 0 Å². The second-order valence-electron chi connectivity index (χ2n) is 6.66. The van der Waals surface area contributed by atoms with Crippen LogP contribution in [0, 0.1) is 0 Å². The number of nitrogens with zero attached hydrogens (tertiary/aromatic N) is 4. The molecule has 0 spiro atoms. The molecule has 3 heterocycles. The number of aromatic nitrogens is 3. The number of carbonyl (C=O) groups is 1. The number of ether oxygens (including phenoxy) is 2. The molecule has 2 aliphatic heterocycles. The summed E-state index contributed by atoms with van der Waals surface area (Å²) in [5.74, 6) is 1.20. The molecule has 1 saturated heterocycles. The van der Waals surface area contributed by atoms with Crippen LogP contribution in [0.2, 0.25) is 0 Å². The lowest BCUT2D eigenvalue weighted by Gasteiger charge is -2.38. The Bertz CT molecular complexity index is 835. The maximum atomic E-state index is 13.0. The lowest BCUT2D eigenvalue weighted by molar-refractivity contribution is 0.0551. The SMILES string of the molecule is COc1ccc(C(C2Sc3ncnn3C2=O)N2CCC(O)CC2)cc1OC. The third-order valence-corrected chi connectivity index (χ3v) is 6.33. The normalized spacial score (nSPS) is 21.9. The Morgan fingerprint density at radius 3 is 2.63 bits per heavy atom. The number of fused-ring (bicyclic) bond motifs is 1. The fourth-order valence-electron chi connectivity index (χ4n) is 3.72. The molecule has 1 aromatic carbocycles. The first kappa shape index (κ1) is 18.3. The zero-order chi connectivity index (χ0) is 19.0. The van der Waals surface area contributed by atoms with Gasteiger partial charge in [0.1, 0.15) is 11.6 Å². The van der Waals surface area contributed by atoms with Crippen LogP contribution in [0.25, 0.3) is 0 Å². The zero-order valence-electron chi connectivity index (χ0n) is 15.2. The molecule has 144 valence electrons. The molecule has 2 unspecified atom stereocenters. The molecule has 0 aliphatic carbocycles. The van der Waals surface area contributed by atoms with Crippen LogP contribution >= 0.6 is 11.8 Å². The Kier molecular flexibility index (Phi) is 5.07. The Morgan fingerprint density at radius 1 is 1.22 bits per heavy atom. The van der Waals surface area contributed by atoms with Crippen LogP contribution in [0.3, 0.4) is 0 Å². The van der Waals surface area contributed by atoms with Gasteiger partial charge in [-0.1, -0.05) is 17.8 Å². The summed E-state index contributed by atoms with van der Waals surface area (Å²) >= 11 is 1.44. The number of hydrogen-bond donors (Lipinski definition) is 1. The number of likely N-dealkylation sites (tertiary alicyclic amines) is 1. The van der Waals surface area contributed by atoms with E-state index in [0.717, 1.165) is 18.7 Å². The number of benzene rings is 1. The predicted molar refractivity (Wildman–Crippen MR) is 99.4 cm³/mol. The van der Waals surface area contributed by atoms with Gasteiger partial charge in [0.2, 0.25) is 0 Å². The van der Waals surface area contributed by atoms with E-state index >= 15 is 0 Å². The molecule has 2 aromatic rings. The van der Waals surface area contributed by atoms with Gasteiger partial charge in [0.25, 0.3) is 5.91 Å². The average molecular weight is 390 g/mol. The molecule has 27 heavy (non-hydrogen) atoms. The van der Waals surface area contributed by atoms with Crippen molar-refractivity contribution in [2.45, 2.75) is 35.4 Å². The first-order chi connectivity index (χ1) is 13.1. The summed E-state index contributed by atoms with van der Waals surface area (Å²) < 4.78 is 12.2. The monoisotopic (exact) mass is 390 g/mol. The molecule has 0 bridgehead atoms. The molecule has 0 saturated carbocycles. The second-order valence-corrected chi connectivity index (χ2v) is 7.77. The van der Waals surface area contributed by atoms with Gasteiger partial charge in [0.05, 0.1) is 26.4 Å². The van der Waals surface area contributed by atoms with E-state index in [9.17, 15) is 9.90 Å². The smallest absolute Gasteiger partial charge is 0.264 e. The molecule has 0 radical (unpaired) electrons. The quantitative estimate of drug-likeness (QED) is 0.824. The Balaban J connectivity index is 1.71. The number of rotatable bonds is 5. The summed E-state index contributed by atoms with van der Waals surface area (Å²) in [6.45, 7) is 1.44. The maximum absolute atomic E-state index is 13.0. The van der Waals surface area contributed by atoms with Crippen molar-refractivity contribution < 1.29 is 19.4 Å². The molecule has 0 amide bonds. The van der Waals surface area contributed by atoms with Crippen LogP contribution in [-0.4, -0.2) is 69.3 Å². The Labute approximate surface area is 161 Å². The highest BCUT2D eigenvalue weighted by molar-refractivity contribution is 8.00. The fourth-order valence-corrected chi connectivity index (χ4v) is 4.96. The molecule has 1 aromatic heterocycles. The molecule has 1 N–H and O–H groups in total. The second kappa shape index (κ2) is 7.49. The van der Waals surface area contributed by atoms with Gasteiger partial charge in [-0.2, -0.15) is 9.78 Å². The van der Waals surface area contributed by atoms with Gasteiger partial charge in [-0.25, -0.2) is 4.98 Å². The highest BCUT2D eigenvalue weighted by atomic mass is 32.2. The summed E-state index contributed by atoms with van der Waals surface area (Å²) in [6, 6.07) is 5.59. The standard InChI is InChI=1S/C18H22N4O4S/c1-25-13-4-3-11(9-14(13)26-2)15(21-7-5-12(23)6-8-21)16-17(24)22-18(27-16)19-10-20-22/h3-4,9-10,12,15-16,23H,5-8H2,1-2H3. The lowest BCUT2D eigenvalue weighted by Crippen LogP contribution is -2.44. The van der Waals surface area contributed by atoms with Gasteiger partial charge < -0.3 is 14.6 Å². The molecule has 1 fully saturated rings. The van der Waals surface area contributed by atoms with Crippen molar-refractivity contribution >= 4 is 17.7 Å². The first-order valence-corrected chi connectivity index (χ1v) is 9.75. The van der Waals surface area contributed by atoms with Crippen LogP contribution in [0.15, 0.2) is 29.7 Å². The number of aliphatic hydroxyl groups is 1. The van der Waals surface area contributed by atoms with Gasteiger partial charge in [0.15, 0.2) is 16.7 Å². The van der Waals surface area contributed by atoms with Crippen molar-refractivity contribution in [3.05, 3.63) is 30.1 Å². The van der Waals surface area contributed by atoms with Crippen molar-refractivity contribution in [2.75, 3.05) is 27.3 Å². The van der Waals surface area contributed by atoms with Crippen molar-refractivity contribution in [1.29, 1.82) is 0 Å². The minimum Gasteiger partial charge on any atom is -0.493 e. The van der Waals surface area contributed by atoms with E-state index < -0.39 is 0 Å². The molecular weight excluding hydrogens is 368 g/mol. The van der Waals surface area contributed by atoms with Crippen LogP contribution in [0.4, 0.5) is 0 Å². The fraction of sp³-hybridized carbons (Fsp3) is 0.500. The number of piperidine rings is 1. The van der Waals surface area contributed by atoms with E-state index in [0.29, 0.717) is 29.5 Å². The van der Waals surface area contributed by atoms with Gasteiger partial charge in [0, 0.05) is 13.1 Å². The van der Waals surface area contributed by atoms with Crippen LogP contribution in [0.1, 0.15) is 29.2 Å². The number of methoxy groups -OCH3 is 2. The minimum absolute atomic E-state index is 0.0709. The topological polar surface area (TPSA) is 89.7 Å². The summed E-state index contributed by atoms with van der Waals surface area (Å²) in [6.07, 6.45) is 2.51. The summed E-state index contributed by atoms with van der Waals surface area (Å²) in [4.78, 5) is 19.4. The Hall–Kier alpha value is -2.10. The summed E-state index contributed by atoms with van der Waals surface area (Å²) in [5, 5.41) is 14.2. The molecule has 2 aliphatic rings. The van der Waals surface area contributed by atoms with E-state index in [-0.39, 0.29) is 23.3 Å². The first-order valence-electron chi connectivity index (χ1n) is 8.87. The molecule has 9 heteroatoms. The lowest BCUT2D eigenvalue weighted by atomic mass is 9.97. The predicted octanol–water partition coefficient (Wildman–Crippen LogP) is 1.61. The van der Waals surface area contributed by atoms with E-state index in [2.05, 4.69) is 15.0 Å². The van der Waals surface area contributed by atoms with Gasteiger partial charge in [-0.05, 0) is 30.5 Å². The van der Waals surface area contributed by atoms with Crippen molar-refractivity contribution in [3.63, 3.8) is 0 Å². The molecule has 2 atom stereocenters. The maximum Gasteiger partial charge on any atom is 0.264 e. The number of thioether (sulfide) groups is 1. The summed E-state index contributed by atoms with van der Waals surface area (Å²) in [5.41, 5.74) is 0.973. The largest absolute Gasteiger partial charge is 0.493 e. The van der Waals surface area contributed by atoms with Crippen molar-refractivity contribution in [3.8, 4) is 11.5 Å². The number of aliphatic hydroxyl groups excluding tert-OH is 1. The van der Waals surface area contributed by atoms with E-state index in [1.165, 1.54) is 22.8 Å². The average Bonchev–Trinajstić information content (AvgIpc) is 3.27. The van der Waals surface area contributed by atoms with Gasteiger partial charge >= 0.3 is 0 Å². The van der Waals surface area contributed by atoms with Crippen LogP contribution in [0.5, 0.6) is 11.5 Å². The molecule has 8 nitrogen and oxygen atoms in total. The van der Waals surface area contributed by atoms with Crippen molar-refractivity contribution in [1.82, 2.24) is 19.7 Å². The van der Waals surface area contributed by atoms with Crippen LogP contribution < -0.4 is 9.47 Å². The van der Waals surface area contributed by atoms with Crippen molar-refractivity contribution in [2.24, 2.45) is 0 Å². The third-order valence-electron chi connectivity index (χ3n) is 5.13. The van der Waals surface area contributed by atoms with Gasteiger partial charge in [-0.3, -0.25) is 9.69 Å². The minimum atomic E-state index is -0.352. The van der Waals surface area contributed by atoms with Crippen LogP contribution in [-0.2, 0) is 0 Å². The zero-order valence-corrected chi connectivity index (χ0v) is 16.1. The third kappa shape index (κ3) is 3.30. The highest BCUT2D eigenvalue weighted by Gasteiger charge is 2.43. The number of hydrogen-bond acceptors (Lipinski definition) is 8. The van der Waals surface area contributed by atoms with E-state index in [4.69, 9.17) is 9.47 Å². The molecule has 4 rings (SSSR count). The summed E-state index contributed by atoms with van der Waals surface area (Å²) in [7, 11) is 3.20. The van der Waals surface area contributed by atoms with E-state index in [1.807, 2.05) is 18.2 Å². The Morgan fingerprint density at radius 2 is 1.96 bits per heavy atom. The van der Waals surface area contributed by atoms with E-state index in [1.54, 1.807) is 14.2 Å². The molecular formula is C18H22N4O4S. The number of carbonyl (C=O) groups excluding carboxylic acids is 1.